The van der Waals surface area contributed by atoms with Gasteiger partial charge in [-0.05, 0) is 51.6 Å². The van der Waals surface area contributed by atoms with Crippen LogP contribution >= 0.6 is 27.3 Å². The van der Waals surface area contributed by atoms with Gasteiger partial charge in [-0.3, -0.25) is 0 Å². The van der Waals surface area contributed by atoms with Crippen LogP contribution in [0.15, 0.2) is 27.4 Å². The van der Waals surface area contributed by atoms with Gasteiger partial charge in [0, 0.05) is 9.85 Å². The average Bonchev–Trinajstić information content (AvgIpc) is 2.74. The van der Waals surface area contributed by atoms with Gasteiger partial charge < -0.3 is 5.32 Å². The van der Waals surface area contributed by atoms with E-state index in [2.05, 4.69) is 21.2 Å². The number of hydrogen-bond acceptors (Lipinski definition) is 2. The summed E-state index contributed by atoms with van der Waals surface area (Å²) < 4.78 is 40.2. The molecule has 0 aliphatic rings. The zero-order valence-electron chi connectivity index (χ0n) is 9.31. The molecular weight excluding hydrogens is 327 g/mol. The van der Waals surface area contributed by atoms with Crippen LogP contribution < -0.4 is 5.32 Å². The van der Waals surface area contributed by atoms with Crippen LogP contribution in [0.25, 0.3) is 0 Å². The lowest BCUT2D eigenvalue weighted by atomic mass is 10.0. The first-order chi connectivity index (χ1) is 8.54. The molecule has 96 valence electrons. The van der Waals surface area contributed by atoms with Crippen LogP contribution in [-0.4, -0.2) is 7.05 Å². The Hall–Kier alpha value is -0.850. The molecule has 18 heavy (non-hydrogen) atoms. The quantitative estimate of drug-likeness (QED) is 0.827. The molecule has 0 amide bonds. The number of hydrogen-bond donors (Lipinski definition) is 1. The fourth-order valence-electron chi connectivity index (χ4n) is 1.74. The van der Waals surface area contributed by atoms with Crippen molar-refractivity contribution in [1.29, 1.82) is 0 Å². The predicted octanol–water partition coefficient (Wildman–Crippen LogP) is 4.24. The second kappa shape index (κ2) is 5.42. The molecule has 0 radical (unpaired) electrons. The van der Waals surface area contributed by atoms with E-state index in [0.29, 0.717) is 5.56 Å². The summed E-state index contributed by atoms with van der Waals surface area (Å²) >= 11 is 4.83. The Balaban J connectivity index is 2.49. The molecule has 1 N–H and O–H groups in total. The third-order valence-electron chi connectivity index (χ3n) is 2.58. The van der Waals surface area contributed by atoms with Gasteiger partial charge in [0.05, 0.1) is 6.04 Å². The highest BCUT2D eigenvalue weighted by atomic mass is 79.9. The zero-order valence-corrected chi connectivity index (χ0v) is 11.7. The van der Waals surface area contributed by atoms with Crippen LogP contribution in [0.1, 0.15) is 17.2 Å². The van der Waals surface area contributed by atoms with Crippen molar-refractivity contribution < 1.29 is 13.2 Å². The smallest absolute Gasteiger partial charge is 0.194 e. The molecule has 0 aliphatic heterocycles. The van der Waals surface area contributed by atoms with Crippen molar-refractivity contribution in [3.8, 4) is 0 Å². The normalized spacial score (nSPS) is 12.7. The van der Waals surface area contributed by atoms with E-state index in [1.165, 1.54) is 11.3 Å². The highest BCUT2D eigenvalue weighted by Gasteiger charge is 2.19. The molecule has 6 heteroatoms. The van der Waals surface area contributed by atoms with Gasteiger partial charge in [-0.1, -0.05) is 0 Å². The molecule has 0 spiro atoms. The average molecular weight is 336 g/mol. The molecule has 0 aliphatic carbocycles. The molecule has 1 nitrogen and oxygen atoms in total. The van der Waals surface area contributed by atoms with Crippen molar-refractivity contribution in [3.63, 3.8) is 0 Å². The number of benzene rings is 1. The zero-order chi connectivity index (χ0) is 13.3. The molecule has 1 unspecified atom stereocenters. The molecular formula is C12H9BrF3NS. The monoisotopic (exact) mass is 335 g/mol. The Kier molecular flexibility index (Phi) is 4.09. The van der Waals surface area contributed by atoms with Crippen molar-refractivity contribution in [2.75, 3.05) is 7.05 Å². The first-order valence-electron chi connectivity index (χ1n) is 5.08. The van der Waals surface area contributed by atoms with E-state index in [1.54, 1.807) is 7.05 Å². The van der Waals surface area contributed by atoms with Gasteiger partial charge in [-0.25, -0.2) is 13.2 Å². The van der Waals surface area contributed by atoms with Gasteiger partial charge >= 0.3 is 0 Å². The van der Waals surface area contributed by atoms with Crippen LogP contribution in [0.5, 0.6) is 0 Å². The third-order valence-corrected chi connectivity index (χ3v) is 4.33. The SMILES string of the molecule is CNC(c1cc(F)c(F)c(F)c1)c1cscc1Br. The Morgan fingerprint density at radius 2 is 1.78 bits per heavy atom. The van der Waals surface area contributed by atoms with Gasteiger partial charge in [0.1, 0.15) is 0 Å². The summed E-state index contributed by atoms with van der Waals surface area (Å²) in [5, 5.41) is 6.69. The molecule has 0 saturated carbocycles. The summed E-state index contributed by atoms with van der Waals surface area (Å²) in [5.74, 6) is -3.81. The lowest BCUT2D eigenvalue weighted by Crippen LogP contribution is -2.18. The maximum absolute atomic E-state index is 13.2. The van der Waals surface area contributed by atoms with Crippen molar-refractivity contribution in [2.45, 2.75) is 6.04 Å². The van der Waals surface area contributed by atoms with E-state index in [-0.39, 0.29) is 0 Å². The van der Waals surface area contributed by atoms with Crippen LogP contribution in [0.2, 0.25) is 0 Å². The lowest BCUT2D eigenvalue weighted by molar-refractivity contribution is 0.443. The fraction of sp³-hybridized carbons (Fsp3) is 0.167. The van der Waals surface area contributed by atoms with Crippen LogP contribution in [0.3, 0.4) is 0 Å². The highest BCUT2D eigenvalue weighted by Crippen LogP contribution is 2.32. The molecule has 1 atom stereocenters. The van der Waals surface area contributed by atoms with E-state index in [4.69, 9.17) is 0 Å². The number of nitrogens with one attached hydrogen (secondary N) is 1. The number of rotatable bonds is 3. The first-order valence-corrected chi connectivity index (χ1v) is 6.81. The molecule has 1 aromatic carbocycles. The van der Waals surface area contributed by atoms with Crippen LogP contribution in [-0.2, 0) is 0 Å². The molecule has 1 heterocycles. The lowest BCUT2D eigenvalue weighted by Gasteiger charge is -2.17. The van der Waals surface area contributed by atoms with Gasteiger partial charge in [0.2, 0.25) is 0 Å². The Labute approximate surface area is 115 Å². The summed E-state index contributed by atoms with van der Waals surface area (Å²) in [6, 6.07) is 1.61. The largest absolute Gasteiger partial charge is 0.309 e. The summed E-state index contributed by atoms with van der Waals surface area (Å²) in [6.07, 6.45) is 0. The predicted molar refractivity (Wildman–Crippen MR) is 69.2 cm³/mol. The van der Waals surface area contributed by atoms with Crippen molar-refractivity contribution in [2.24, 2.45) is 0 Å². The van der Waals surface area contributed by atoms with E-state index in [9.17, 15) is 13.2 Å². The summed E-state index contributed by atoms with van der Waals surface area (Å²) in [7, 11) is 1.67. The standard InChI is InChI=1S/C12H9BrF3NS/c1-17-12(7-4-18-5-8(7)13)6-2-9(14)11(16)10(15)3-6/h2-5,12,17H,1H3. The highest BCUT2D eigenvalue weighted by molar-refractivity contribution is 9.10. The Morgan fingerprint density at radius 3 is 2.22 bits per heavy atom. The third kappa shape index (κ3) is 2.46. The van der Waals surface area contributed by atoms with E-state index in [1.807, 2.05) is 10.8 Å². The van der Waals surface area contributed by atoms with E-state index < -0.39 is 23.5 Å². The van der Waals surface area contributed by atoms with Crippen LogP contribution in [0, 0.1) is 17.5 Å². The molecule has 1 aromatic heterocycles. The molecule has 0 bridgehead atoms. The molecule has 2 rings (SSSR count). The summed E-state index contributed by atoms with van der Waals surface area (Å²) in [5.41, 5.74) is 1.20. The van der Waals surface area contributed by atoms with Crippen LogP contribution in [0.4, 0.5) is 13.2 Å². The fourth-order valence-corrected chi connectivity index (χ4v) is 3.29. The van der Waals surface area contributed by atoms with E-state index >= 15 is 0 Å². The van der Waals surface area contributed by atoms with Crippen molar-refractivity contribution >= 4 is 27.3 Å². The maximum atomic E-state index is 13.2. The summed E-state index contributed by atoms with van der Waals surface area (Å²) in [6.45, 7) is 0. The van der Waals surface area contributed by atoms with Crippen molar-refractivity contribution in [1.82, 2.24) is 5.32 Å². The van der Waals surface area contributed by atoms with E-state index in [0.717, 1.165) is 22.2 Å². The number of halogens is 4. The number of thiophene rings is 1. The van der Waals surface area contributed by atoms with Gasteiger partial charge in [-0.15, -0.1) is 0 Å². The minimum absolute atomic E-state index is 0.341. The second-order valence-electron chi connectivity index (χ2n) is 3.70. The first kappa shape index (κ1) is 13.6. The maximum Gasteiger partial charge on any atom is 0.194 e. The van der Waals surface area contributed by atoms with Gasteiger partial charge in [0.25, 0.3) is 0 Å². The molecule has 2 aromatic rings. The molecule has 0 fully saturated rings. The molecule has 0 saturated heterocycles. The van der Waals surface area contributed by atoms with Gasteiger partial charge in [-0.2, -0.15) is 11.3 Å². The second-order valence-corrected chi connectivity index (χ2v) is 5.29. The summed E-state index contributed by atoms with van der Waals surface area (Å²) in [4.78, 5) is 0. The minimum Gasteiger partial charge on any atom is -0.309 e. The Bertz CT molecular complexity index is 547. The Morgan fingerprint density at radius 1 is 1.17 bits per heavy atom. The van der Waals surface area contributed by atoms with Crippen molar-refractivity contribution in [3.05, 3.63) is 55.9 Å². The topological polar surface area (TPSA) is 12.0 Å². The van der Waals surface area contributed by atoms with Gasteiger partial charge in [0.15, 0.2) is 17.5 Å². The minimum atomic E-state index is -1.45.